The Labute approximate surface area is 153 Å². The molecule has 1 amide bonds. The monoisotopic (exact) mass is 370 g/mol. The van der Waals surface area contributed by atoms with Crippen LogP contribution in [0.15, 0.2) is 12.3 Å². The quantitative estimate of drug-likeness (QED) is 0.819. The third-order valence-corrected chi connectivity index (χ3v) is 5.43. The van der Waals surface area contributed by atoms with E-state index >= 15 is 0 Å². The summed E-state index contributed by atoms with van der Waals surface area (Å²) in [4.78, 5) is 23.3. The van der Waals surface area contributed by atoms with E-state index in [9.17, 15) is 4.79 Å². The van der Waals surface area contributed by atoms with Crippen LogP contribution in [0, 0.1) is 0 Å². The highest BCUT2D eigenvalue weighted by molar-refractivity contribution is 6.36. The molecule has 1 atom stereocenters. The number of hydrogen-bond acceptors (Lipinski definition) is 4. The summed E-state index contributed by atoms with van der Waals surface area (Å²) in [5.74, 6) is 1.04. The van der Waals surface area contributed by atoms with Gasteiger partial charge >= 0.3 is 0 Å². The molecule has 2 aliphatic heterocycles. The Kier molecular flexibility index (Phi) is 5.85. The van der Waals surface area contributed by atoms with Crippen LogP contribution in [0.25, 0.3) is 0 Å². The Morgan fingerprint density at radius 1 is 1.21 bits per heavy atom. The number of anilines is 1. The fourth-order valence-corrected chi connectivity index (χ4v) is 4.01. The second-order valence-corrected chi connectivity index (χ2v) is 7.50. The van der Waals surface area contributed by atoms with E-state index in [1.807, 2.05) is 4.90 Å². The molecule has 0 radical (unpaired) electrons. The molecule has 0 aromatic carbocycles. The summed E-state index contributed by atoms with van der Waals surface area (Å²) < 4.78 is 0. The molecule has 3 rings (SSSR count). The molecule has 0 saturated carbocycles. The van der Waals surface area contributed by atoms with Gasteiger partial charge in [0.2, 0.25) is 5.91 Å². The molecule has 2 saturated heterocycles. The lowest BCUT2D eigenvalue weighted by Crippen LogP contribution is -2.52. The average molecular weight is 371 g/mol. The zero-order valence-corrected chi connectivity index (χ0v) is 15.6. The van der Waals surface area contributed by atoms with Crippen molar-refractivity contribution < 1.29 is 4.79 Å². The summed E-state index contributed by atoms with van der Waals surface area (Å²) in [6.45, 7) is 6.89. The number of hydrogen-bond donors (Lipinski definition) is 0. The number of pyridine rings is 1. The molecule has 0 bridgehead atoms. The number of aromatic nitrogens is 1. The number of amides is 1. The first-order valence-electron chi connectivity index (χ1n) is 8.62. The van der Waals surface area contributed by atoms with Gasteiger partial charge in [-0.05, 0) is 32.3 Å². The molecule has 1 unspecified atom stereocenters. The van der Waals surface area contributed by atoms with Crippen molar-refractivity contribution in [2.45, 2.75) is 32.2 Å². The van der Waals surface area contributed by atoms with Crippen molar-refractivity contribution in [1.82, 2.24) is 14.8 Å². The van der Waals surface area contributed by atoms with Gasteiger partial charge in [-0.1, -0.05) is 23.2 Å². The fourth-order valence-electron chi connectivity index (χ4n) is 3.51. The lowest BCUT2D eigenvalue weighted by Gasteiger charge is -2.38. The van der Waals surface area contributed by atoms with Gasteiger partial charge in [0.1, 0.15) is 5.82 Å². The molecule has 1 aromatic heterocycles. The van der Waals surface area contributed by atoms with Crippen LogP contribution in [0.2, 0.25) is 10.0 Å². The van der Waals surface area contributed by atoms with Crippen LogP contribution in [0.1, 0.15) is 26.2 Å². The van der Waals surface area contributed by atoms with Crippen molar-refractivity contribution in [2.24, 2.45) is 0 Å². The van der Waals surface area contributed by atoms with Gasteiger partial charge in [-0.3, -0.25) is 9.69 Å². The van der Waals surface area contributed by atoms with E-state index < -0.39 is 0 Å². The predicted octanol–water partition coefficient (Wildman–Crippen LogP) is 2.91. The van der Waals surface area contributed by atoms with Gasteiger partial charge in [0.05, 0.1) is 16.6 Å². The van der Waals surface area contributed by atoms with Crippen molar-refractivity contribution >= 4 is 34.9 Å². The van der Waals surface area contributed by atoms with Crippen LogP contribution in [0.5, 0.6) is 0 Å². The van der Waals surface area contributed by atoms with Crippen LogP contribution in [-0.4, -0.2) is 66.0 Å². The maximum Gasteiger partial charge on any atom is 0.236 e. The lowest BCUT2D eigenvalue weighted by atomic mass is 10.0. The number of nitrogens with zero attached hydrogens (tertiary/aromatic N) is 4. The number of piperidine rings is 1. The molecule has 1 aromatic rings. The van der Waals surface area contributed by atoms with E-state index in [2.05, 4.69) is 21.7 Å². The molecule has 24 heavy (non-hydrogen) atoms. The van der Waals surface area contributed by atoms with Crippen LogP contribution in [0.3, 0.4) is 0 Å². The first-order valence-corrected chi connectivity index (χ1v) is 9.38. The molecule has 2 aliphatic rings. The van der Waals surface area contributed by atoms with Crippen molar-refractivity contribution in [3.05, 3.63) is 22.3 Å². The molecule has 0 aliphatic carbocycles. The standard InChI is InChI=1S/C17H24Cl2N4O/c1-13-4-2-3-5-23(13)16(24)12-21-6-8-22(9-7-21)17-15(19)10-14(18)11-20-17/h10-11,13H,2-9,12H2,1H3. The SMILES string of the molecule is CC1CCCCN1C(=O)CN1CCN(c2ncc(Cl)cc2Cl)CC1. The van der Waals surface area contributed by atoms with Crippen molar-refractivity contribution in [3.63, 3.8) is 0 Å². The van der Waals surface area contributed by atoms with Crippen LogP contribution in [0.4, 0.5) is 5.82 Å². The summed E-state index contributed by atoms with van der Waals surface area (Å²) in [5.41, 5.74) is 0. The summed E-state index contributed by atoms with van der Waals surface area (Å²) >= 11 is 12.1. The van der Waals surface area contributed by atoms with E-state index in [0.717, 1.165) is 51.4 Å². The van der Waals surface area contributed by atoms with E-state index in [1.54, 1.807) is 12.3 Å². The minimum atomic E-state index is 0.262. The summed E-state index contributed by atoms with van der Waals surface area (Å²) in [7, 11) is 0. The predicted molar refractivity (Wildman–Crippen MR) is 97.9 cm³/mol. The molecule has 0 spiro atoms. The normalized spacial score (nSPS) is 22.7. The van der Waals surface area contributed by atoms with E-state index in [4.69, 9.17) is 23.2 Å². The first kappa shape index (κ1) is 17.8. The number of piperazine rings is 1. The van der Waals surface area contributed by atoms with Gasteiger partial charge in [0.25, 0.3) is 0 Å². The van der Waals surface area contributed by atoms with Crippen LogP contribution in [-0.2, 0) is 4.79 Å². The van der Waals surface area contributed by atoms with Gasteiger partial charge in [0.15, 0.2) is 0 Å². The summed E-state index contributed by atoms with van der Waals surface area (Å²) in [6.07, 6.45) is 5.11. The molecule has 2 fully saturated rings. The topological polar surface area (TPSA) is 39.7 Å². The number of carbonyl (C=O) groups excluding carboxylic acids is 1. The molecular formula is C17H24Cl2N4O. The third-order valence-electron chi connectivity index (χ3n) is 4.94. The van der Waals surface area contributed by atoms with Gasteiger partial charge in [-0.15, -0.1) is 0 Å². The van der Waals surface area contributed by atoms with Crippen molar-refractivity contribution in [3.8, 4) is 0 Å². The van der Waals surface area contributed by atoms with E-state index in [0.29, 0.717) is 22.6 Å². The number of likely N-dealkylation sites (tertiary alicyclic amines) is 1. The zero-order chi connectivity index (χ0) is 17.1. The highest BCUT2D eigenvalue weighted by atomic mass is 35.5. The number of halogens is 2. The second-order valence-electron chi connectivity index (χ2n) is 6.65. The van der Waals surface area contributed by atoms with Gasteiger partial charge in [-0.2, -0.15) is 0 Å². The maximum absolute atomic E-state index is 12.5. The highest BCUT2D eigenvalue weighted by Gasteiger charge is 2.26. The first-order chi connectivity index (χ1) is 11.5. The number of carbonyl (C=O) groups is 1. The van der Waals surface area contributed by atoms with Gasteiger partial charge < -0.3 is 9.80 Å². The smallest absolute Gasteiger partial charge is 0.236 e. The Hall–Kier alpha value is -1.04. The maximum atomic E-state index is 12.5. The summed E-state index contributed by atoms with van der Waals surface area (Å²) in [6, 6.07) is 2.10. The Bertz CT molecular complexity index is 590. The largest absolute Gasteiger partial charge is 0.353 e. The van der Waals surface area contributed by atoms with E-state index in [-0.39, 0.29) is 5.91 Å². The Morgan fingerprint density at radius 3 is 2.62 bits per heavy atom. The third kappa shape index (κ3) is 4.13. The molecule has 5 nitrogen and oxygen atoms in total. The average Bonchev–Trinajstić information content (AvgIpc) is 2.56. The van der Waals surface area contributed by atoms with Crippen molar-refractivity contribution in [1.29, 1.82) is 0 Å². The van der Waals surface area contributed by atoms with Gasteiger partial charge in [-0.25, -0.2) is 4.98 Å². The van der Waals surface area contributed by atoms with Crippen LogP contribution >= 0.6 is 23.2 Å². The Morgan fingerprint density at radius 2 is 1.96 bits per heavy atom. The highest BCUT2D eigenvalue weighted by Crippen LogP contribution is 2.26. The fraction of sp³-hybridized carbons (Fsp3) is 0.647. The molecule has 7 heteroatoms. The molecule has 132 valence electrons. The summed E-state index contributed by atoms with van der Waals surface area (Å²) in [5, 5.41) is 1.12. The van der Waals surface area contributed by atoms with Crippen molar-refractivity contribution in [2.75, 3.05) is 44.2 Å². The second kappa shape index (κ2) is 7.89. The minimum Gasteiger partial charge on any atom is -0.353 e. The van der Waals surface area contributed by atoms with E-state index in [1.165, 1.54) is 6.42 Å². The Balaban J connectivity index is 1.52. The molecule has 3 heterocycles. The zero-order valence-electron chi connectivity index (χ0n) is 14.0. The molecular weight excluding hydrogens is 347 g/mol. The van der Waals surface area contributed by atoms with Gasteiger partial charge in [0, 0.05) is 45.0 Å². The number of rotatable bonds is 3. The lowest BCUT2D eigenvalue weighted by molar-refractivity contribution is -0.135. The van der Waals surface area contributed by atoms with Crippen LogP contribution < -0.4 is 4.90 Å². The molecule has 0 N–H and O–H groups in total. The minimum absolute atomic E-state index is 0.262.